The Bertz CT molecular complexity index is 806. The van der Waals surface area contributed by atoms with Crippen LogP contribution in [-0.2, 0) is 10.0 Å². The van der Waals surface area contributed by atoms with Crippen molar-refractivity contribution in [3.63, 3.8) is 0 Å². The van der Waals surface area contributed by atoms with Gasteiger partial charge in [-0.1, -0.05) is 35.3 Å². The van der Waals surface area contributed by atoms with Crippen LogP contribution in [-0.4, -0.2) is 21.2 Å². The molecule has 0 amide bonds. The molecule has 2 rings (SSSR count). The molecule has 0 aromatic heterocycles. The Morgan fingerprint density at radius 1 is 1.17 bits per heavy atom. The summed E-state index contributed by atoms with van der Waals surface area (Å²) in [6, 6.07) is 11.0. The first kappa shape index (κ1) is 17.6. The van der Waals surface area contributed by atoms with Gasteiger partial charge in [-0.3, -0.25) is 0 Å². The maximum atomic E-state index is 12.1. The summed E-state index contributed by atoms with van der Waals surface area (Å²) >= 11 is 11.9. The van der Waals surface area contributed by atoms with Crippen LogP contribution in [0.4, 0.5) is 0 Å². The molecular weight excluding hydrogens is 359 g/mol. The fraction of sp³-hybridized carbons (Fsp3) is 0.133. The summed E-state index contributed by atoms with van der Waals surface area (Å²) in [5.41, 5.74) is 0.508. The third-order valence-electron chi connectivity index (χ3n) is 2.80. The molecule has 0 atom stereocenters. The molecular formula is C15H14Cl2N2O3S. The molecule has 0 bridgehead atoms. The maximum absolute atomic E-state index is 12.1. The third-order valence-corrected chi connectivity index (χ3v) is 4.88. The molecule has 2 aromatic rings. The van der Waals surface area contributed by atoms with E-state index in [-0.39, 0.29) is 4.90 Å². The second-order valence-electron chi connectivity index (χ2n) is 4.40. The van der Waals surface area contributed by atoms with Crippen LogP contribution in [0.1, 0.15) is 12.5 Å². The van der Waals surface area contributed by atoms with Gasteiger partial charge in [0.15, 0.2) is 0 Å². The van der Waals surface area contributed by atoms with Gasteiger partial charge in [-0.15, -0.1) is 0 Å². The molecule has 0 aliphatic carbocycles. The fourth-order valence-corrected chi connectivity index (χ4v) is 2.87. The zero-order valence-corrected chi connectivity index (χ0v) is 14.5. The van der Waals surface area contributed by atoms with E-state index in [9.17, 15) is 8.42 Å². The van der Waals surface area contributed by atoms with Gasteiger partial charge in [0, 0.05) is 5.56 Å². The molecule has 0 fully saturated rings. The van der Waals surface area contributed by atoms with Gasteiger partial charge in [0.05, 0.1) is 27.8 Å². The fourth-order valence-electron chi connectivity index (χ4n) is 1.72. The minimum Gasteiger partial charge on any atom is -0.494 e. The van der Waals surface area contributed by atoms with Crippen molar-refractivity contribution in [3.8, 4) is 5.75 Å². The molecule has 5 nitrogen and oxygen atoms in total. The topological polar surface area (TPSA) is 67.8 Å². The Hall–Kier alpha value is -1.76. The lowest BCUT2D eigenvalue weighted by molar-refractivity contribution is 0.340. The average Bonchev–Trinajstić information content (AvgIpc) is 2.52. The van der Waals surface area contributed by atoms with Crippen LogP contribution in [0.25, 0.3) is 0 Å². The van der Waals surface area contributed by atoms with Crippen molar-refractivity contribution in [2.24, 2.45) is 5.10 Å². The van der Waals surface area contributed by atoms with Crippen LogP contribution in [0.2, 0.25) is 10.0 Å². The van der Waals surface area contributed by atoms with E-state index in [2.05, 4.69) is 9.93 Å². The van der Waals surface area contributed by atoms with E-state index in [1.807, 2.05) is 6.92 Å². The molecule has 23 heavy (non-hydrogen) atoms. The summed E-state index contributed by atoms with van der Waals surface area (Å²) in [7, 11) is -3.76. The lowest BCUT2D eigenvalue weighted by atomic mass is 10.2. The van der Waals surface area contributed by atoms with Gasteiger partial charge in [-0.2, -0.15) is 13.5 Å². The number of nitrogens with zero attached hydrogens (tertiary/aromatic N) is 1. The SMILES string of the molecule is CCOc1ccc(S(=O)(=O)NN=Cc2cccc(Cl)c2Cl)cc1. The quantitative estimate of drug-likeness (QED) is 0.620. The number of halogens is 2. The van der Waals surface area contributed by atoms with Crippen molar-refractivity contribution in [2.75, 3.05) is 6.61 Å². The van der Waals surface area contributed by atoms with Crippen molar-refractivity contribution in [2.45, 2.75) is 11.8 Å². The lowest BCUT2D eigenvalue weighted by Crippen LogP contribution is -2.18. The molecule has 122 valence electrons. The number of ether oxygens (including phenoxy) is 1. The van der Waals surface area contributed by atoms with E-state index >= 15 is 0 Å². The molecule has 2 aromatic carbocycles. The standard InChI is InChI=1S/C15H14Cl2N2O3S/c1-2-22-12-6-8-13(9-7-12)23(20,21)19-18-10-11-4-3-5-14(16)15(11)17/h3-10,19H,2H2,1H3. The van der Waals surface area contributed by atoms with Crippen LogP contribution in [0.5, 0.6) is 5.75 Å². The zero-order chi connectivity index (χ0) is 16.9. The predicted molar refractivity (Wildman–Crippen MR) is 92.0 cm³/mol. The predicted octanol–water partition coefficient (Wildman–Crippen LogP) is 3.70. The highest BCUT2D eigenvalue weighted by molar-refractivity contribution is 7.89. The first-order valence-electron chi connectivity index (χ1n) is 6.66. The van der Waals surface area contributed by atoms with E-state index in [0.717, 1.165) is 0 Å². The van der Waals surface area contributed by atoms with E-state index in [0.29, 0.717) is 28.0 Å². The molecule has 0 aliphatic rings. The normalized spacial score (nSPS) is 11.6. The summed E-state index contributed by atoms with van der Waals surface area (Å²) in [5, 5.41) is 4.38. The second kappa shape index (κ2) is 7.68. The Balaban J connectivity index is 2.12. The number of rotatable bonds is 6. The van der Waals surface area contributed by atoms with Crippen molar-refractivity contribution in [3.05, 3.63) is 58.1 Å². The Morgan fingerprint density at radius 3 is 2.52 bits per heavy atom. The van der Waals surface area contributed by atoms with E-state index in [1.54, 1.807) is 30.3 Å². The number of hydrogen-bond acceptors (Lipinski definition) is 4. The number of sulfonamides is 1. The van der Waals surface area contributed by atoms with E-state index in [4.69, 9.17) is 27.9 Å². The molecule has 0 unspecified atom stereocenters. The minimum atomic E-state index is -3.76. The first-order valence-corrected chi connectivity index (χ1v) is 8.89. The summed E-state index contributed by atoms with van der Waals surface area (Å²) in [6.07, 6.45) is 1.29. The van der Waals surface area contributed by atoms with Gasteiger partial charge < -0.3 is 4.74 Å². The van der Waals surface area contributed by atoms with Crippen LogP contribution in [0.3, 0.4) is 0 Å². The van der Waals surface area contributed by atoms with Gasteiger partial charge in [-0.05, 0) is 37.3 Å². The molecule has 8 heteroatoms. The van der Waals surface area contributed by atoms with Crippen molar-refractivity contribution < 1.29 is 13.2 Å². The number of benzene rings is 2. The largest absolute Gasteiger partial charge is 0.494 e. The maximum Gasteiger partial charge on any atom is 0.276 e. The Morgan fingerprint density at radius 2 is 1.87 bits per heavy atom. The second-order valence-corrected chi connectivity index (χ2v) is 6.85. The molecule has 0 saturated carbocycles. The highest BCUT2D eigenvalue weighted by Gasteiger charge is 2.12. The van der Waals surface area contributed by atoms with Crippen LogP contribution in [0, 0.1) is 0 Å². The highest BCUT2D eigenvalue weighted by atomic mass is 35.5. The van der Waals surface area contributed by atoms with Gasteiger partial charge in [0.2, 0.25) is 0 Å². The monoisotopic (exact) mass is 372 g/mol. The molecule has 0 radical (unpaired) electrons. The van der Waals surface area contributed by atoms with Crippen molar-refractivity contribution >= 4 is 39.4 Å². The van der Waals surface area contributed by atoms with Crippen molar-refractivity contribution in [1.82, 2.24) is 4.83 Å². The molecule has 0 spiro atoms. The van der Waals surface area contributed by atoms with Gasteiger partial charge in [0.1, 0.15) is 5.75 Å². The number of nitrogens with one attached hydrogen (secondary N) is 1. The zero-order valence-electron chi connectivity index (χ0n) is 12.2. The summed E-state index contributed by atoms with van der Waals surface area (Å²) in [5.74, 6) is 0.598. The van der Waals surface area contributed by atoms with E-state index < -0.39 is 10.0 Å². The minimum absolute atomic E-state index is 0.0790. The van der Waals surface area contributed by atoms with Gasteiger partial charge in [0.25, 0.3) is 10.0 Å². The summed E-state index contributed by atoms with van der Waals surface area (Å²) in [4.78, 5) is 2.20. The van der Waals surface area contributed by atoms with Crippen LogP contribution in [0.15, 0.2) is 52.5 Å². The number of hydrogen-bond donors (Lipinski definition) is 1. The van der Waals surface area contributed by atoms with Gasteiger partial charge >= 0.3 is 0 Å². The van der Waals surface area contributed by atoms with E-state index in [1.165, 1.54) is 18.3 Å². The summed E-state index contributed by atoms with van der Waals surface area (Å²) < 4.78 is 29.5. The molecule has 0 heterocycles. The first-order chi connectivity index (χ1) is 10.9. The Labute approximate surface area is 144 Å². The average molecular weight is 373 g/mol. The van der Waals surface area contributed by atoms with Crippen LogP contribution < -0.4 is 9.57 Å². The molecule has 0 aliphatic heterocycles. The molecule has 1 N–H and O–H groups in total. The Kier molecular flexibility index (Phi) is 5.87. The van der Waals surface area contributed by atoms with Crippen LogP contribution >= 0.6 is 23.2 Å². The summed E-state index contributed by atoms with van der Waals surface area (Å²) in [6.45, 7) is 2.36. The van der Waals surface area contributed by atoms with Crippen molar-refractivity contribution in [1.29, 1.82) is 0 Å². The smallest absolute Gasteiger partial charge is 0.276 e. The molecule has 0 saturated heterocycles. The lowest BCUT2D eigenvalue weighted by Gasteiger charge is -2.06. The third kappa shape index (κ3) is 4.60. The van der Waals surface area contributed by atoms with Gasteiger partial charge in [-0.25, -0.2) is 4.83 Å². The number of hydrazone groups is 1. The highest BCUT2D eigenvalue weighted by Crippen LogP contribution is 2.24.